The van der Waals surface area contributed by atoms with E-state index in [2.05, 4.69) is 0 Å². The second-order valence-electron chi connectivity index (χ2n) is 4.22. The molecule has 1 saturated heterocycles. The van der Waals surface area contributed by atoms with Crippen molar-refractivity contribution < 1.29 is 29.9 Å². The first-order valence-corrected chi connectivity index (χ1v) is 5.41. The van der Waals surface area contributed by atoms with E-state index in [1.165, 1.54) is 6.92 Å². The number of hydrogen-bond donors (Lipinski definition) is 4. The number of aliphatic hydroxyl groups excluding tert-OH is 3. The average Bonchev–Trinajstić information content (AvgIpc) is 2.25. The summed E-state index contributed by atoms with van der Waals surface area (Å²) < 4.78 is 10.4. The van der Waals surface area contributed by atoms with Crippen LogP contribution < -0.4 is 0 Å². The maximum atomic E-state index is 9.97. The second kappa shape index (κ2) is 5.39. The molecular weight excluding hydrogens is 216 g/mol. The first-order chi connectivity index (χ1) is 7.45. The van der Waals surface area contributed by atoms with Gasteiger partial charge in [-0.2, -0.15) is 0 Å². The van der Waals surface area contributed by atoms with Crippen molar-refractivity contribution in [1.82, 2.24) is 0 Å². The van der Waals surface area contributed by atoms with E-state index in [9.17, 15) is 15.3 Å². The van der Waals surface area contributed by atoms with Gasteiger partial charge in [-0.1, -0.05) is 6.92 Å². The van der Waals surface area contributed by atoms with Crippen LogP contribution in [0.15, 0.2) is 0 Å². The summed E-state index contributed by atoms with van der Waals surface area (Å²) in [7, 11) is 0. The van der Waals surface area contributed by atoms with Gasteiger partial charge >= 0.3 is 0 Å². The van der Waals surface area contributed by atoms with Gasteiger partial charge in [0, 0.05) is 6.61 Å². The van der Waals surface area contributed by atoms with Gasteiger partial charge in [-0.3, -0.25) is 0 Å². The zero-order valence-corrected chi connectivity index (χ0v) is 9.54. The summed E-state index contributed by atoms with van der Waals surface area (Å²) in [6, 6.07) is 0. The SMILES string of the molecule is CCCOC1O[C@H](CO)[C@@H](O)[C@H](O)[C@@]1(C)O. The molecule has 0 spiro atoms. The summed E-state index contributed by atoms with van der Waals surface area (Å²) >= 11 is 0. The predicted octanol–water partition coefficient (Wildman–Crippen LogP) is -1.40. The summed E-state index contributed by atoms with van der Waals surface area (Å²) in [5, 5.41) is 38.2. The van der Waals surface area contributed by atoms with Crippen LogP contribution in [-0.2, 0) is 9.47 Å². The fourth-order valence-corrected chi connectivity index (χ4v) is 1.65. The molecule has 1 rings (SSSR count). The maximum absolute atomic E-state index is 9.97. The lowest BCUT2D eigenvalue weighted by molar-refractivity contribution is -0.336. The minimum atomic E-state index is -1.69. The van der Waals surface area contributed by atoms with Crippen LogP contribution in [0.4, 0.5) is 0 Å². The Kier molecular flexibility index (Phi) is 4.66. The summed E-state index contributed by atoms with van der Waals surface area (Å²) in [5.74, 6) is 0. The van der Waals surface area contributed by atoms with Crippen LogP contribution in [0.3, 0.4) is 0 Å². The number of ether oxygens (including phenoxy) is 2. The molecule has 1 heterocycles. The number of aliphatic hydroxyl groups is 4. The van der Waals surface area contributed by atoms with E-state index in [0.717, 1.165) is 6.42 Å². The van der Waals surface area contributed by atoms with Crippen LogP contribution in [-0.4, -0.2) is 63.8 Å². The van der Waals surface area contributed by atoms with Crippen LogP contribution >= 0.6 is 0 Å². The van der Waals surface area contributed by atoms with Crippen molar-refractivity contribution in [2.45, 2.75) is 50.5 Å². The Labute approximate surface area is 94.4 Å². The van der Waals surface area contributed by atoms with Gasteiger partial charge in [0.25, 0.3) is 0 Å². The number of rotatable bonds is 4. The highest BCUT2D eigenvalue weighted by Gasteiger charge is 2.52. The van der Waals surface area contributed by atoms with Crippen LogP contribution in [0.1, 0.15) is 20.3 Å². The predicted molar refractivity (Wildman–Crippen MR) is 54.6 cm³/mol. The molecule has 6 nitrogen and oxygen atoms in total. The highest BCUT2D eigenvalue weighted by atomic mass is 16.7. The maximum Gasteiger partial charge on any atom is 0.189 e. The highest BCUT2D eigenvalue weighted by Crippen LogP contribution is 2.30. The first kappa shape index (κ1) is 13.8. The Morgan fingerprint density at radius 1 is 1.38 bits per heavy atom. The second-order valence-corrected chi connectivity index (χ2v) is 4.22. The molecule has 1 unspecified atom stereocenters. The fourth-order valence-electron chi connectivity index (χ4n) is 1.65. The molecule has 0 saturated carbocycles. The lowest BCUT2D eigenvalue weighted by atomic mass is 9.88. The zero-order valence-electron chi connectivity index (χ0n) is 9.54. The molecule has 1 aliphatic heterocycles. The Balaban J connectivity index is 2.74. The van der Waals surface area contributed by atoms with Gasteiger partial charge in [0.15, 0.2) is 6.29 Å². The van der Waals surface area contributed by atoms with Crippen molar-refractivity contribution in [2.24, 2.45) is 0 Å². The van der Waals surface area contributed by atoms with E-state index in [1.54, 1.807) is 0 Å². The molecule has 0 bridgehead atoms. The largest absolute Gasteiger partial charge is 0.394 e. The molecule has 0 aromatic heterocycles. The third kappa shape index (κ3) is 2.53. The van der Waals surface area contributed by atoms with Crippen molar-refractivity contribution in [3.05, 3.63) is 0 Å². The Morgan fingerprint density at radius 2 is 2.00 bits per heavy atom. The quantitative estimate of drug-likeness (QED) is 0.479. The van der Waals surface area contributed by atoms with E-state index < -0.39 is 36.8 Å². The molecule has 4 N–H and O–H groups in total. The van der Waals surface area contributed by atoms with Gasteiger partial charge < -0.3 is 29.9 Å². The Hall–Kier alpha value is -0.240. The van der Waals surface area contributed by atoms with E-state index in [4.69, 9.17) is 14.6 Å². The molecule has 0 radical (unpaired) electrons. The van der Waals surface area contributed by atoms with E-state index in [1.807, 2.05) is 6.92 Å². The smallest absolute Gasteiger partial charge is 0.189 e. The topological polar surface area (TPSA) is 99.4 Å². The van der Waals surface area contributed by atoms with Gasteiger partial charge in [0.2, 0.25) is 0 Å². The van der Waals surface area contributed by atoms with Crippen molar-refractivity contribution in [3.8, 4) is 0 Å². The standard InChI is InChI=1S/C10H20O6/c1-3-4-15-9-10(2,14)8(13)7(12)6(5-11)16-9/h6-9,11-14H,3-5H2,1-2H3/t6-,7-,8+,9?,10-/m1/s1. The van der Waals surface area contributed by atoms with Crippen LogP contribution in [0, 0.1) is 0 Å². The van der Waals surface area contributed by atoms with Gasteiger partial charge in [-0.05, 0) is 13.3 Å². The monoisotopic (exact) mass is 236 g/mol. The molecule has 6 heteroatoms. The molecule has 0 aromatic rings. The van der Waals surface area contributed by atoms with Crippen LogP contribution in [0.25, 0.3) is 0 Å². The molecule has 0 aliphatic carbocycles. The minimum Gasteiger partial charge on any atom is -0.394 e. The van der Waals surface area contributed by atoms with Gasteiger partial charge in [-0.15, -0.1) is 0 Å². The normalized spacial score (nSPS) is 44.6. The van der Waals surface area contributed by atoms with Crippen molar-refractivity contribution >= 4 is 0 Å². The first-order valence-electron chi connectivity index (χ1n) is 5.41. The molecule has 16 heavy (non-hydrogen) atoms. The van der Waals surface area contributed by atoms with Crippen molar-refractivity contribution in [2.75, 3.05) is 13.2 Å². The fraction of sp³-hybridized carbons (Fsp3) is 1.00. The van der Waals surface area contributed by atoms with Gasteiger partial charge in [0.05, 0.1) is 6.61 Å². The zero-order chi connectivity index (χ0) is 12.3. The average molecular weight is 236 g/mol. The van der Waals surface area contributed by atoms with E-state index in [0.29, 0.717) is 6.61 Å². The lowest BCUT2D eigenvalue weighted by Gasteiger charge is -2.45. The molecular formula is C10H20O6. The lowest BCUT2D eigenvalue weighted by Crippen LogP contribution is -2.65. The Morgan fingerprint density at radius 3 is 2.50 bits per heavy atom. The van der Waals surface area contributed by atoms with Gasteiger partial charge in [0.1, 0.15) is 23.9 Å². The molecule has 1 fully saturated rings. The molecule has 0 amide bonds. The van der Waals surface area contributed by atoms with Gasteiger partial charge in [-0.25, -0.2) is 0 Å². The third-order valence-corrected chi connectivity index (χ3v) is 2.73. The Bertz CT molecular complexity index is 219. The third-order valence-electron chi connectivity index (χ3n) is 2.73. The molecule has 1 aliphatic rings. The van der Waals surface area contributed by atoms with Crippen molar-refractivity contribution in [3.63, 3.8) is 0 Å². The summed E-state index contributed by atoms with van der Waals surface area (Å²) in [4.78, 5) is 0. The van der Waals surface area contributed by atoms with E-state index >= 15 is 0 Å². The van der Waals surface area contributed by atoms with Crippen LogP contribution in [0.5, 0.6) is 0 Å². The summed E-state index contributed by atoms with van der Waals surface area (Å²) in [6.07, 6.45) is -4.01. The van der Waals surface area contributed by atoms with Crippen LogP contribution in [0.2, 0.25) is 0 Å². The molecule has 0 aromatic carbocycles. The summed E-state index contributed by atoms with van der Waals surface area (Å²) in [6.45, 7) is 3.14. The number of hydrogen-bond acceptors (Lipinski definition) is 6. The highest BCUT2D eigenvalue weighted by molar-refractivity contribution is 4.97. The molecule has 5 atom stereocenters. The molecule has 96 valence electrons. The minimum absolute atomic E-state index is 0.363. The summed E-state index contributed by atoms with van der Waals surface area (Å²) in [5.41, 5.74) is -1.69. The van der Waals surface area contributed by atoms with E-state index in [-0.39, 0.29) is 0 Å². The van der Waals surface area contributed by atoms with Crippen molar-refractivity contribution in [1.29, 1.82) is 0 Å².